The van der Waals surface area contributed by atoms with Gasteiger partial charge in [-0.2, -0.15) is 0 Å². The Morgan fingerprint density at radius 1 is 1.15 bits per heavy atom. The summed E-state index contributed by atoms with van der Waals surface area (Å²) in [7, 11) is 1.43. The second-order valence-electron chi connectivity index (χ2n) is 6.08. The molecule has 1 N–H and O–H groups in total. The predicted molar refractivity (Wildman–Crippen MR) is 104 cm³/mol. The lowest BCUT2D eigenvalue weighted by atomic mass is 10.0. The lowest BCUT2D eigenvalue weighted by Gasteiger charge is -2.12. The van der Waals surface area contributed by atoms with Gasteiger partial charge >= 0.3 is 11.7 Å². The molecule has 27 heavy (non-hydrogen) atoms. The van der Waals surface area contributed by atoms with Crippen molar-refractivity contribution in [1.82, 2.24) is 9.13 Å². The maximum absolute atomic E-state index is 12.8. The van der Waals surface area contributed by atoms with Crippen molar-refractivity contribution in [2.24, 2.45) is 12.0 Å². The first-order valence-corrected chi connectivity index (χ1v) is 8.79. The molecule has 0 spiro atoms. The van der Waals surface area contributed by atoms with Crippen LogP contribution in [0.5, 0.6) is 0 Å². The number of fused-ring (bicyclic) bond motifs is 3. The molecule has 1 aromatic heterocycles. The van der Waals surface area contributed by atoms with Gasteiger partial charge in [-0.3, -0.25) is 14.1 Å². The number of hydrogen-bond donors (Lipinski definition) is 1. The number of halogens is 2. The number of carbonyl (C=O) groups is 1. The number of aliphatic imine (C=N–C) groups is 1. The smallest absolute Gasteiger partial charge is 0.354 e. The van der Waals surface area contributed by atoms with Crippen LogP contribution in [-0.2, 0) is 13.6 Å². The highest BCUT2D eigenvalue weighted by atomic mass is 35.5. The minimum atomic E-state index is -1.18. The number of hydrogen-bond acceptors (Lipinski definition) is 3. The van der Waals surface area contributed by atoms with Crippen molar-refractivity contribution in [1.29, 1.82) is 0 Å². The summed E-state index contributed by atoms with van der Waals surface area (Å²) in [4.78, 5) is 29.1. The van der Waals surface area contributed by atoms with Crippen LogP contribution in [0.25, 0.3) is 5.69 Å². The third kappa shape index (κ3) is 2.69. The van der Waals surface area contributed by atoms with Crippen molar-refractivity contribution in [2.45, 2.75) is 6.54 Å². The highest BCUT2D eigenvalue weighted by Gasteiger charge is 2.28. The zero-order chi connectivity index (χ0) is 19.3. The summed E-state index contributed by atoms with van der Waals surface area (Å²) < 4.78 is 2.49. The van der Waals surface area contributed by atoms with E-state index in [1.807, 2.05) is 18.2 Å². The van der Waals surface area contributed by atoms with E-state index in [-0.39, 0.29) is 12.2 Å². The van der Waals surface area contributed by atoms with Gasteiger partial charge in [-0.1, -0.05) is 41.4 Å². The third-order valence-corrected chi connectivity index (χ3v) is 5.09. The van der Waals surface area contributed by atoms with Crippen LogP contribution in [0, 0.1) is 0 Å². The van der Waals surface area contributed by atoms with Gasteiger partial charge in [0.15, 0.2) is 5.69 Å². The van der Waals surface area contributed by atoms with Gasteiger partial charge in [0.25, 0.3) is 0 Å². The van der Waals surface area contributed by atoms with Gasteiger partial charge < -0.3 is 5.11 Å². The highest BCUT2D eigenvalue weighted by Crippen LogP contribution is 2.30. The van der Waals surface area contributed by atoms with Crippen molar-refractivity contribution in [3.05, 3.63) is 85.5 Å². The molecule has 0 saturated carbocycles. The van der Waals surface area contributed by atoms with Crippen LogP contribution < -0.4 is 5.69 Å². The quantitative estimate of drug-likeness (QED) is 0.713. The number of benzene rings is 2. The van der Waals surface area contributed by atoms with Crippen LogP contribution in [-0.4, -0.2) is 25.9 Å². The highest BCUT2D eigenvalue weighted by molar-refractivity contribution is 6.36. The minimum absolute atomic E-state index is 0.0184. The molecule has 0 saturated heterocycles. The van der Waals surface area contributed by atoms with Gasteiger partial charge in [-0.25, -0.2) is 9.59 Å². The summed E-state index contributed by atoms with van der Waals surface area (Å²) in [5, 5.41) is 10.6. The molecule has 136 valence electrons. The third-order valence-electron chi connectivity index (χ3n) is 4.53. The zero-order valence-electron chi connectivity index (χ0n) is 14.1. The summed E-state index contributed by atoms with van der Waals surface area (Å²) in [6.07, 6.45) is 0. The van der Waals surface area contributed by atoms with Crippen LogP contribution in [0.15, 0.2) is 52.3 Å². The van der Waals surface area contributed by atoms with E-state index < -0.39 is 11.7 Å². The molecule has 2 aromatic carbocycles. The molecule has 0 atom stereocenters. The van der Waals surface area contributed by atoms with Crippen LogP contribution in [0.2, 0.25) is 10.0 Å². The van der Waals surface area contributed by atoms with Crippen LogP contribution in [0.1, 0.15) is 27.3 Å². The van der Waals surface area contributed by atoms with E-state index in [4.69, 9.17) is 23.2 Å². The van der Waals surface area contributed by atoms with Gasteiger partial charge in [0.2, 0.25) is 0 Å². The maximum Gasteiger partial charge on any atom is 0.354 e. The van der Waals surface area contributed by atoms with Gasteiger partial charge in [-0.15, -0.1) is 0 Å². The second kappa shape index (κ2) is 6.40. The lowest BCUT2D eigenvalue weighted by Crippen LogP contribution is -2.23. The van der Waals surface area contributed by atoms with Crippen LogP contribution in [0.4, 0.5) is 0 Å². The molecule has 1 aliphatic heterocycles. The zero-order valence-corrected chi connectivity index (χ0v) is 15.6. The standard InChI is InChI=1S/C19H13Cl2N3O3/c1-23-17(18(25)26)15-9-22-16(11-4-2-3-5-13(11)21)12-8-10(20)6-7-14(12)24(15)19(23)27/h2-8H,9H2,1H3,(H,25,26). The van der Waals surface area contributed by atoms with Gasteiger partial charge in [0.05, 0.1) is 23.6 Å². The molecule has 1 aliphatic rings. The van der Waals surface area contributed by atoms with Crippen molar-refractivity contribution in [2.75, 3.05) is 0 Å². The molecule has 0 bridgehead atoms. The fourth-order valence-corrected chi connectivity index (χ4v) is 3.73. The molecule has 2 heterocycles. The van der Waals surface area contributed by atoms with Crippen molar-refractivity contribution in [3.63, 3.8) is 0 Å². The van der Waals surface area contributed by atoms with E-state index in [9.17, 15) is 14.7 Å². The Kier molecular flexibility index (Phi) is 4.17. The number of nitrogens with zero attached hydrogens (tertiary/aromatic N) is 3. The number of rotatable bonds is 2. The Morgan fingerprint density at radius 2 is 1.89 bits per heavy atom. The molecule has 8 heteroatoms. The van der Waals surface area contributed by atoms with E-state index in [0.29, 0.717) is 38.3 Å². The Bertz CT molecular complexity index is 1190. The van der Waals surface area contributed by atoms with E-state index in [1.165, 1.54) is 11.6 Å². The first-order chi connectivity index (χ1) is 12.9. The molecule has 3 aromatic rings. The van der Waals surface area contributed by atoms with E-state index in [1.54, 1.807) is 24.3 Å². The van der Waals surface area contributed by atoms with Crippen LogP contribution in [0.3, 0.4) is 0 Å². The number of carboxylic acids is 1. The average Bonchev–Trinajstić information content (AvgIpc) is 2.78. The van der Waals surface area contributed by atoms with E-state index in [2.05, 4.69) is 4.99 Å². The fraction of sp³-hybridized carbons (Fsp3) is 0.105. The first-order valence-electron chi connectivity index (χ1n) is 8.03. The molecule has 0 unspecified atom stereocenters. The lowest BCUT2D eigenvalue weighted by molar-refractivity contribution is 0.0684. The minimum Gasteiger partial charge on any atom is -0.477 e. The van der Waals surface area contributed by atoms with Gasteiger partial charge in [0.1, 0.15) is 0 Å². The van der Waals surface area contributed by atoms with Crippen molar-refractivity contribution in [3.8, 4) is 5.69 Å². The summed E-state index contributed by atoms with van der Waals surface area (Å²) in [5.74, 6) is -1.18. The molecule has 4 rings (SSSR count). The molecular formula is C19H13Cl2N3O3. The molecule has 0 radical (unpaired) electrons. The summed E-state index contributed by atoms with van der Waals surface area (Å²) in [6.45, 7) is 0.0184. The summed E-state index contributed by atoms with van der Waals surface area (Å²) in [5.41, 5.74) is 2.12. The first kappa shape index (κ1) is 17.6. The summed E-state index contributed by atoms with van der Waals surface area (Å²) in [6, 6.07) is 12.3. The molecule has 0 amide bonds. The Balaban J connectivity index is 2.09. The SMILES string of the molecule is Cn1c(C(=O)O)c2n(c1=O)-c1ccc(Cl)cc1C(c1ccccc1Cl)=NC2. The number of imidazole rings is 1. The van der Waals surface area contributed by atoms with E-state index in [0.717, 1.165) is 4.57 Å². The largest absolute Gasteiger partial charge is 0.477 e. The summed E-state index contributed by atoms with van der Waals surface area (Å²) >= 11 is 12.6. The van der Waals surface area contributed by atoms with Gasteiger partial charge in [0, 0.05) is 28.2 Å². The van der Waals surface area contributed by atoms with Crippen molar-refractivity contribution < 1.29 is 9.90 Å². The molecule has 0 fully saturated rings. The number of aromatic carboxylic acids is 1. The predicted octanol–water partition coefficient (Wildman–Crippen LogP) is 3.53. The second-order valence-corrected chi connectivity index (χ2v) is 6.93. The molecule has 6 nitrogen and oxygen atoms in total. The Morgan fingerprint density at radius 3 is 2.59 bits per heavy atom. The molecular weight excluding hydrogens is 389 g/mol. The maximum atomic E-state index is 12.8. The molecule has 0 aliphatic carbocycles. The van der Waals surface area contributed by atoms with Gasteiger partial charge in [-0.05, 0) is 24.3 Å². The Hall–Kier alpha value is -2.83. The van der Waals surface area contributed by atoms with Crippen molar-refractivity contribution >= 4 is 34.9 Å². The number of aromatic nitrogens is 2. The Labute approximate surface area is 163 Å². The normalized spacial score (nSPS) is 12.8. The number of carboxylic acid groups (broad SMARTS) is 1. The van der Waals surface area contributed by atoms with E-state index >= 15 is 0 Å². The van der Waals surface area contributed by atoms with Crippen LogP contribution >= 0.6 is 23.2 Å². The average molecular weight is 402 g/mol. The monoisotopic (exact) mass is 401 g/mol. The topological polar surface area (TPSA) is 76.6 Å². The fourth-order valence-electron chi connectivity index (χ4n) is 3.34.